The molecule has 1 N–H and O–H groups in total. The molecule has 0 aliphatic rings. The van der Waals surface area contributed by atoms with Crippen molar-refractivity contribution in [1.29, 1.82) is 0 Å². The van der Waals surface area contributed by atoms with E-state index in [4.69, 9.17) is 0 Å². The van der Waals surface area contributed by atoms with Crippen LogP contribution < -0.4 is 5.32 Å². The molecular formula is C15H20BrFN4. The monoisotopic (exact) mass is 354 g/mol. The molecule has 1 heterocycles. The van der Waals surface area contributed by atoms with Crippen LogP contribution in [0.15, 0.2) is 29.0 Å². The van der Waals surface area contributed by atoms with Crippen molar-refractivity contribution in [3.63, 3.8) is 0 Å². The number of hydrogen-bond acceptors (Lipinski definition) is 3. The van der Waals surface area contributed by atoms with Crippen LogP contribution in [0.3, 0.4) is 0 Å². The van der Waals surface area contributed by atoms with Crippen molar-refractivity contribution in [1.82, 2.24) is 20.1 Å². The van der Waals surface area contributed by atoms with Gasteiger partial charge in [-0.25, -0.2) is 9.37 Å². The summed E-state index contributed by atoms with van der Waals surface area (Å²) in [5.74, 6) is 0.677. The van der Waals surface area contributed by atoms with E-state index in [0.29, 0.717) is 10.9 Å². The fourth-order valence-electron chi connectivity index (χ4n) is 2.31. The Labute approximate surface area is 132 Å². The molecule has 114 valence electrons. The highest BCUT2D eigenvalue weighted by molar-refractivity contribution is 9.10. The van der Waals surface area contributed by atoms with E-state index in [0.717, 1.165) is 30.9 Å². The molecular weight excluding hydrogens is 335 g/mol. The molecule has 0 aliphatic heterocycles. The maximum Gasteiger partial charge on any atom is 0.138 e. The molecule has 0 radical (unpaired) electrons. The van der Waals surface area contributed by atoms with Crippen LogP contribution >= 0.6 is 15.9 Å². The number of nitrogens with one attached hydrogen (secondary N) is 1. The van der Waals surface area contributed by atoms with Crippen LogP contribution in [0.2, 0.25) is 0 Å². The Morgan fingerprint density at radius 2 is 2.19 bits per heavy atom. The molecule has 2 aromatic rings. The molecule has 0 bridgehead atoms. The Morgan fingerprint density at radius 3 is 2.86 bits per heavy atom. The second kappa shape index (κ2) is 7.66. The average molecular weight is 355 g/mol. The Morgan fingerprint density at radius 1 is 1.38 bits per heavy atom. The Hall–Kier alpha value is -1.27. The summed E-state index contributed by atoms with van der Waals surface area (Å²) in [6.45, 7) is 5.81. The van der Waals surface area contributed by atoms with E-state index in [2.05, 4.69) is 38.3 Å². The summed E-state index contributed by atoms with van der Waals surface area (Å²) in [5, 5.41) is 7.63. The third kappa shape index (κ3) is 4.11. The first-order valence-electron chi connectivity index (χ1n) is 7.20. The van der Waals surface area contributed by atoms with E-state index in [1.807, 2.05) is 17.7 Å². The van der Waals surface area contributed by atoms with Gasteiger partial charge in [-0.05, 0) is 46.6 Å². The lowest BCUT2D eigenvalue weighted by Gasteiger charge is -2.18. The van der Waals surface area contributed by atoms with Gasteiger partial charge in [0.1, 0.15) is 18.0 Å². The van der Waals surface area contributed by atoms with Crippen molar-refractivity contribution in [2.45, 2.75) is 39.3 Å². The fraction of sp³-hybridized carbons (Fsp3) is 0.467. The van der Waals surface area contributed by atoms with Crippen LogP contribution in [0.4, 0.5) is 4.39 Å². The number of likely N-dealkylation sites (N-methyl/N-ethyl adjacent to an activating group) is 1. The van der Waals surface area contributed by atoms with Crippen LogP contribution in [0.5, 0.6) is 0 Å². The summed E-state index contributed by atoms with van der Waals surface area (Å²) in [5.41, 5.74) is 0.920. The van der Waals surface area contributed by atoms with Crippen molar-refractivity contribution in [2.24, 2.45) is 0 Å². The Balaban J connectivity index is 2.22. The maximum atomic E-state index is 13.8. The van der Waals surface area contributed by atoms with Gasteiger partial charge in [0, 0.05) is 19.0 Å². The van der Waals surface area contributed by atoms with E-state index in [9.17, 15) is 4.39 Å². The molecule has 0 fully saturated rings. The van der Waals surface area contributed by atoms with Crippen molar-refractivity contribution < 1.29 is 4.39 Å². The highest BCUT2D eigenvalue weighted by Gasteiger charge is 2.16. The quantitative estimate of drug-likeness (QED) is 0.827. The average Bonchev–Trinajstić information content (AvgIpc) is 2.89. The number of halogens is 2. The fourth-order valence-corrected chi connectivity index (χ4v) is 2.56. The van der Waals surface area contributed by atoms with Crippen LogP contribution in [0.1, 0.15) is 37.7 Å². The lowest BCUT2D eigenvalue weighted by Crippen LogP contribution is -2.24. The SMILES string of the molecule is CCCn1ncnc1CC(NCC)c1ccc(Br)c(F)c1. The maximum absolute atomic E-state index is 13.8. The van der Waals surface area contributed by atoms with Crippen LogP contribution in [-0.2, 0) is 13.0 Å². The molecule has 6 heteroatoms. The zero-order chi connectivity index (χ0) is 15.2. The molecule has 1 aromatic carbocycles. The minimum Gasteiger partial charge on any atom is -0.310 e. The van der Waals surface area contributed by atoms with Gasteiger partial charge in [0.25, 0.3) is 0 Å². The molecule has 1 atom stereocenters. The number of aryl methyl sites for hydroxylation is 1. The van der Waals surface area contributed by atoms with Crippen molar-refractivity contribution in [3.05, 3.63) is 46.2 Å². The number of rotatable bonds is 7. The second-order valence-corrected chi connectivity index (χ2v) is 5.74. The standard InChI is InChI=1S/C15H20BrFN4/c1-3-7-21-15(19-10-20-21)9-14(18-4-2)11-5-6-12(16)13(17)8-11/h5-6,8,10,14,18H,3-4,7,9H2,1-2H3. The largest absolute Gasteiger partial charge is 0.310 e. The molecule has 0 aliphatic carbocycles. The molecule has 0 amide bonds. The topological polar surface area (TPSA) is 42.7 Å². The molecule has 21 heavy (non-hydrogen) atoms. The minimum atomic E-state index is -0.245. The summed E-state index contributed by atoms with van der Waals surface area (Å²) < 4.78 is 16.1. The smallest absolute Gasteiger partial charge is 0.138 e. The van der Waals surface area contributed by atoms with Gasteiger partial charge in [-0.1, -0.05) is 19.9 Å². The van der Waals surface area contributed by atoms with Crippen LogP contribution in [-0.4, -0.2) is 21.3 Å². The van der Waals surface area contributed by atoms with Gasteiger partial charge in [0.05, 0.1) is 4.47 Å². The second-order valence-electron chi connectivity index (χ2n) is 4.89. The number of hydrogen-bond donors (Lipinski definition) is 1. The van der Waals surface area contributed by atoms with Gasteiger partial charge in [-0.2, -0.15) is 5.10 Å². The van der Waals surface area contributed by atoms with Crippen molar-refractivity contribution in [2.75, 3.05) is 6.54 Å². The van der Waals surface area contributed by atoms with Gasteiger partial charge in [0.2, 0.25) is 0 Å². The lowest BCUT2D eigenvalue weighted by molar-refractivity contribution is 0.496. The highest BCUT2D eigenvalue weighted by Crippen LogP contribution is 2.23. The summed E-state index contributed by atoms with van der Waals surface area (Å²) >= 11 is 3.19. The number of nitrogens with zero attached hydrogens (tertiary/aromatic N) is 3. The number of benzene rings is 1. The van der Waals surface area contributed by atoms with Gasteiger partial charge < -0.3 is 5.32 Å². The summed E-state index contributed by atoms with van der Waals surface area (Å²) in [6.07, 6.45) is 3.28. The molecule has 1 unspecified atom stereocenters. The van der Waals surface area contributed by atoms with E-state index in [1.54, 1.807) is 18.5 Å². The van der Waals surface area contributed by atoms with Crippen molar-refractivity contribution >= 4 is 15.9 Å². The Bertz CT molecular complexity index is 585. The first-order valence-corrected chi connectivity index (χ1v) is 8.00. The lowest BCUT2D eigenvalue weighted by atomic mass is 10.0. The van der Waals surface area contributed by atoms with Crippen LogP contribution in [0.25, 0.3) is 0 Å². The van der Waals surface area contributed by atoms with Gasteiger partial charge >= 0.3 is 0 Å². The molecule has 0 spiro atoms. The number of aromatic nitrogens is 3. The van der Waals surface area contributed by atoms with Gasteiger partial charge in [-0.3, -0.25) is 4.68 Å². The third-order valence-electron chi connectivity index (χ3n) is 3.31. The summed E-state index contributed by atoms with van der Waals surface area (Å²) in [6, 6.07) is 5.27. The normalized spacial score (nSPS) is 12.6. The van der Waals surface area contributed by atoms with Gasteiger partial charge in [-0.15, -0.1) is 0 Å². The summed E-state index contributed by atoms with van der Waals surface area (Å²) in [4.78, 5) is 4.33. The highest BCUT2D eigenvalue weighted by atomic mass is 79.9. The van der Waals surface area contributed by atoms with E-state index < -0.39 is 0 Å². The van der Waals surface area contributed by atoms with E-state index >= 15 is 0 Å². The van der Waals surface area contributed by atoms with Crippen molar-refractivity contribution in [3.8, 4) is 0 Å². The first-order chi connectivity index (χ1) is 10.2. The molecule has 0 saturated heterocycles. The van der Waals surface area contributed by atoms with Crippen LogP contribution in [0, 0.1) is 5.82 Å². The zero-order valence-corrected chi connectivity index (χ0v) is 13.9. The zero-order valence-electron chi connectivity index (χ0n) is 12.3. The molecule has 1 aromatic heterocycles. The molecule has 4 nitrogen and oxygen atoms in total. The minimum absolute atomic E-state index is 0.0254. The Kier molecular flexibility index (Phi) is 5.87. The first kappa shape index (κ1) is 16.1. The van der Waals surface area contributed by atoms with E-state index in [-0.39, 0.29) is 11.9 Å². The summed E-state index contributed by atoms with van der Waals surface area (Å²) in [7, 11) is 0. The predicted molar refractivity (Wildman–Crippen MR) is 84.5 cm³/mol. The third-order valence-corrected chi connectivity index (χ3v) is 3.96. The predicted octanol–water partition coefficient (Wildman–Crippen LogP) is 3.48. The van der Waals surface area contributed by atoms with Gasteiger partial charge in [0.15, 0.2) is 0 Å². The molecule has 0 saturated carbocycles. The molecule has 2 rings (SSSR count). The van der Waals surface area contributed by atoms with E-state index in [1.165, 1.54) is 0 Å².